The highest BCUT2D eigenvalue weighted by Gasteiger charge is 2.32. The topological polar surface area (TPSA) is 121 Å². The maximum absolute atomic E-state index is 9.76. The van der Waals surface area contributed by atoms with Crippen LogP contribution in [-0.4, -0.2) is 61.7 Å². The Balaban J connectivity index is 2.92. The second-order valence-electron chi connectivity index (χ2n) is 4.77. The molecule has 0 aliphatic rings. The lowest BCUT2D eigenvalue weighted by molar-refractivity contribution is -0.112. The van der Waals surface area contributed by atoms with Crippen molar-refractivity contribution in [2.24, 2.45) is 0 Å². The third-order valence-electron chi connectivity index (χ3n) is 3.10. The molecule has 21 heavy (non-hydrogen) atoms. The maximum atomic E-state index is 9.76. The highest BCUT2D eigenvalue weighted by atomic mass is 16.4. The summed E-state index contributed by atoms with van der Waals surface area (Å²) in [5.41, 5.74) is 0.522. The Morgan fingerprint density at radius 1 is 1.05 bits per heavy atom. The molecule has 0 bridgehead atoms. The first-order valence-electron chi connectivity index (χ1n) is 6.29. The van der Waals surface area contributed by atoms with Gasteiger partial charge in [-0.3, -0.25) is 0 Å². The van der Waals surface area contributed by atoms with Gasteiger partial charge in [-0.2, -0.15) is 0 Å². The molecule has 116 valence electrons. The van der Waals surface area contributed by atoms with Gasteiger partial charge in [0.2, 0.25) is 0 Å². The number of hydrogen-bond acceptors (Lipinski definition) is 6. The highest BCUT2D eigenvalue weighted by Crippen LogP contribution is 2.13. The molecule has 1 rings (SSSR count). The zero-order valence-electron chi connectivity index (χ0n) is 11.4. The number of aliphatic hydroxyl groups excluding tert-OH is 6. The van der Waals surface area contributed by atoms with Crippen LogP contribution in [0, 0.1) is 0 Å². The normalized spacial score (nSPS) is 18.0. The Labute approximate surface area is 121 Å². The lowest BCUT2D eigenvalue weighted by Gasteiger charge is -2.25. The van der Waals surface area contributed by atoms with Crippen LogP contribution in [-0.2, 0) is 0 Å². The van der Waals surface area contributed by atoms with Crippen molar-refractivity contribution in [1.29, 1.82) is 0 Å². The van der Waals surface area contributed by atoms with Gasteiger partial charge in [-0.1, -0.05) is 25.3 Å². The minimum absolute atomic E-state index is 0.522. The summed E-state index contributed by atoms with van der Waals surface area (Å²) in [4.78, 5) is 0. The van der Waals surface area contributed by atoms with Crippen molar-refractivity contribution in [3.8, 4) is 0 Å². The van der Waals surface area contributed by atoms with Gasteiger partial charge < -0.3 is 30.6 Å². The summed E-state index contributed by atoms with van der Waals surface area (Å²) in [5.74, 6) is -0.595. The van der Waals surface area contributed by atoms with E-state index in [1.54, 1.807) is 18.2 Å². The quantitative estimate of drug-likeness (QED) is 0.333. The fourth-order valence-corrected chi connectivity index (χ4v) is 1.69. The summed E-state index contributed by atoms with van der Waals surface area (Å²) in [7, 11) is 0. The average molecular weight is 296 g/mol. The summed E-state index contributed by atoms with van der Waals surface area (Å²) in [6.45, 7) is 6.69. The van der Waals surface area contributed by atoms with Gasteiger partial charge in [-0.15, -0.1) is 0 Å². The van der Waals surface area contributed by atoms with Crippen molar-refractivity contribution in [3.05, 3.63) is 40.0 Å². The number of benzene rings is 1. The van der Waals surface area contributed by atoms with Gasteiger partial charge in [0.25, 0.3) is 0 Å². The van der Waals surface area contributed by atoms with E-state index in [0.29, 0.717) is 16.0 Å². The molecule has 0 aliphatic carbocycles. The molecular formula is C15H20O6. The second kappa shape index (κ2) is 7.35. The Morgan fingerprint density at radius 3 is 2.19 bits per heavy atom. The Hall–Kier alpha value is -1.70. The van der Waals surface area contributed by atoms with E-state index in [1.807, 2.05) is 0 Å². The first-order valence-corrected chi connectivity index (χ1v) is 6.29. The molecule has 6 N–H and O–H groups in total. The van der Waals surface area contributed by atoms with Crippen LogP contribution in [0.15, 0.2) is 24.0 Å². The van der Waals surface area contributed by atoms with Crippen LogP contribution in [0.5, 0.6) is 0 Å². The zero-order valence-corrected chi connectivity index (χ0v) is 11.4. The highest BCUT2D eigenvalue weighted by molar-refractivity contribution is 5.52. The average Bonchev–Trinajstić information content (AvgIpc) is 2.47. The minimum atomic E-state index is -1.85. The van der Waals surface area contributed by atoms with E-state index in [1.165, 1.54) is 6.08 Å². The van der Waals surface area contributed by atoms with E-state index in [0.717, 1.165) is 0 Å². The largest absolute Gasteiger partial charge is 0.509 e. The van der Waals surface area contributed by atoms with Crippen molar-refractivity contribution in [2.45, 2.75) is 24.4 Å². The first-order chi connectivity index (χ1) is 9.77. The standard InChI is InChI=1S/C15H20O6/c1-8-3-4-10(5-9(8)2)6-11(17)13(19)15(21)14(20)12(18)7-16/h3-6,12-21H,1-2,7H2. The molecule has 0 radical (unpaired) electrons. The van der Waals surface area contributed by atoms with Crippen LogP contribution < -0.4 is 10.4 Å². The fourth-order valence-electron chi connectivity index (χ4n) is 1.69. The third kappa shape index (κ3) is 4.38. The van der Waals surface area contributed by atoms with Crippen LogP contribution in [0.4, 0.5) is 0 Å². The van der Waals surface area contributed by atoms with Gasteiger partial charge in [-0.05, 0) is 28.1 Å². The smallest absolute Gasteiger partial charge is 0.139 e. The lowest BCUT2D eigenvalue weighted by Crippen LogP contribution is -2.46. The molecule has 0 fully saturated rings. The molecule has 0 saturated carbocycles. The van der Waals surface area contributed by atoms with Crippen LogP contribution in [0.3, 0.4) is 0 Å². The molecule has 0 spiro atoms. The Kier molecular flexibility index (Phi) is 6.07. The molecule has 1 aromatic rings. The molecule has 4 atom stereocenters. The molecular weight excluding hydrogens is 276 g/mol. The van der Waals surface area contributed by atoms with Crippen molar-refractivity contribution in [3.63, 3.8) is 0 Å². The predicted molar refractivity (Wildman–Crippen MR) is 78.5 cm³/mol. The van der Waals surface area contributed by atoms with E-state index in [9.17, 15) is 25.5 Å². The monoisotopic (exact) mass is 296 g/mol. The second-order valence-corrected chi connectivity index (χ2v) is 4.77. The van der Waals surface area contributed by atoms with Crippen LogP contribution in [0.25, 0.3) is 19.2 Å². The Morgan fingerprint density at radius 2 is 1.67 bits per heavy atom. The first kappa shape index (κ1) is 17.4. The fraction of sp³-hybridized carbons (Fsp3) is 0.333. The van der Waals surface area contributed by atoms with Crippen molar-refractivity contribution in [1.82, 2.24) is 0 Å². The number of hydrogen-bond donors (Lipinski definition) is 6. The summed E-state index contributed by atoms with van der Waals surface area (Å²) >= 11 is 0. The molecule has 0 saturated heterocycles. The molecule has 1 aromatic carbocycles. The van der Waals surface area contributed by atoms with E-state index >= 15 is 0 Å². The number of aliphatic hydroxyl groups is 6. The SMILES string of the molecule is C=c1ccc(C=C(O)C(O)C(O)C(O)C(O)CO)cc1=C. The van der Waals surface area contributed by atoms with Crippen molar-refractivity contribution >= 4 is 19.2 Å². The summed E-state index contributed by atoms with van der Waals surface area (Å²) < 4.78 is 0. The van der Waals surface area contributed by atoms with Gasteiger partial charge >= 0.3 is 0 Å². The molecule has 0 aliphatic heterocycles. The maximum Gasteiger partial charge on any atom is 0.139 e. The molecule has 6 nitrogen and oxygen atoms in total. The van der Waals surface area contributed by atoms with E-state index in [4.69, 9.17) is 5.11 Å². The third-order valence-corrected chi connectivity index (χ3v) is 3.10. The zero-order chi connectivity index (χ0) is 16.2. The van der Waals surface area contributed by atoms with E-state index in [-0.39, 0.29) is 0 Å². The van der Waals surface area contributed by atoms with Crippen LogP contribution in [0.1, 0.15) is 5.56 Å². The van der Waals surface area contributed by atoms with E-state index in [2.05, 4.69) is 13.2 Å². The predicted octanol–water partition coefficient (Wildman–Crippen LogP) is -2.16. The van der Waals surface area contributed by atoms with Gasteiger partial charge in [0.15, 0.2) is 0 Å². The summed E-state index contributed by atoms with van der Waals surface area (Å²) in [6, 6.07) is 4.93. The van der Waals surface area contributed by atoms with Gasteiger partial charge in [0.05, 0.1) is 6.61 Å². The van der Waals surface area contributed by atoms with Crippen molar-refractivity contribution in [2.75, 3.05) is 6.61 Å². The minimum Gasteiger partial charge on any atom is -0.509 e. The van der Waals surface area contributed by atoms with Crippen LogP contribution in [0.2, 0.25) is 0 Å². The number of rotatable bonds is 6. The molecule has 0 heterocycles. The molecule has 6 heteroatoms. The van der Waals surface area contributed by atoms with Crippen LogP contribution >= 0.6 is 0 Å². The van der Waals surface area contributed by atoms with Gasteiger partial charge in [-0.25, -0.2) is 0 Å². The summed E-state index contributed by atoms with van der Waals surface area (Å²) in [5, 5.41) is 57.8. The van der Waals surface area contributed by atoms with E-state index < -0.39 is 36.8 Å². The van der Waals surface area contributed by atoms with Gasteiger partial charge in [0, 0.05) is 0 Å². The molecule has 0 aromatic heterocycles. The van der Waals surface area contributed by atoms with Crippen molar-refractivity contribution < 1.29 is 30.6 Å². The molecule has 4 unspecified atom stereocenters. The lowest BCUT2D eigenvalue weighted by atomic mass is 10.0. The Bertz CT molecular complexity index is 597. The van der Waals surface area contributed by atoms with Gasteiger partial charge in [0.1, 0.15) is 30.2 Å². The molecule has 0 amide bonds. The summed E-state index contributed by atoms with van der Waals surface area (Å²) in [6.07, 6.45) is -5.89.